The van der Waals surface area contributed by atoms with Crippen molar-refractivity contribution in [1.29, 1.82) is 0 Å². The highest BCUT2D eigenvalue weighted by Gasteiger charge is 2.12. The molecule has 0 aliphatic carbocycles. The van der Waals surface area contributed by atoms with Crippen molar-refractivity contribution in [3.05, 3.63) is 59.8 Å². The Morgan fingerprint density at radius 3 is 2.16 bits per heavy atom. The van der Waals surface area contributed by atoms with Crippen LogP contribution in [0.3, 0.4) is 0 Å². The number of benzene rings is 2. The second-order valence-corrected chi connectivity index (χ2v) is 5.27. The lowest BCUT2D eigenvalue weighted by molar-refractivity contribution is 0.0844. The Hall–Kier alpha value is -3.48. The van der Waals surface area contributed by atoms with Gasteiger partial charge in [0.25, 0.3) is 11.8 Å². The smallest absolute Gasteiger partial charge is 0.286 e. The summed E-state index contributed by atoms with van der Waals surface area (Å²) in [5.41, 5.74) is 6.30. The molecule has 2 amide bonds. The normalized spacial score (nSPS) is 10.3. The van der Waals surface area contributed by atoms with Crippen LogP contribution in [-0.2, 0) is 0 Å². The van der Waals surface area contributed by atoms with Crippen LogP contribution < -0.4 is 20.3 Å². The molecule has 0 fully saturated rings. The average molecular weight is 339 g/mol. The van der Waals surface area contributed by atoms with Crippen molar-refractivity contribution in [1.82, 2.24) is 15.8 Å². The van der Waals surface area contributed by atoms with Gasteiger partial charge >= 0.3 is 0 Å². The molecule has 3 N–H and O–H groups in total. The van der Waals surface area contributed by atoms with Gasteiger partial charge in [0.05, 0.1) is 14.2 Å². The minimum Gasteiger partial charge on any atom is -0.497 e. The van der Waals surface area contributed by atoms with Gasteiger partial charge in [-0.15, -0.1) is 0 Å². The Bertz CT molecular complexity index is 916. The number of hydrogen-bond donors (Lipinski definition) is 3. The van der Waals surface area contributed by atoms with Gasteiger partial charge in [0.1, 0.15) is 17.2 Å². The molecule has 2 aromatic carbocycles. The number of nitrogens with one attached hydrogen (secondary N) is 3. The molecule has 3 rings (SSSR count). The van der Waals surface area contributed by atoms with Crippen LogP contribution in [0.2, 0.25) is 0 Å². The molecule has 7 heteroatoms. The number of H-pyrrole nitrogens is 1. The van der Waals surface area contributed by atoms with Gasteiger partial charge in [0.15, 0.2) is 0 Å². The predicted octanol–water partition coefficient (Wildman–Crippen LogP) is 2.26. The molecule has 0 radical (unpaired) electrons. The summed E-state index contributed by atoms with van der Waals surface area (Å²) in [6, 6.07) is 13.7. The largest absolute Gasteiger partial charge is 0.497 e. The number of carbonyl (C=O) groups is 2. The minimum absolute atomic E-state index is 0.332. The predicted molar refractivity (Wildman–Crippen MR) is 92.8 cm³/mol. The first-order valence-corrected chi connectivity index (χ1v) is 7.52. The third-order valence-corrected chi connectivity index (χ3v) is 3.71. The molecule has 1 heterocycles. The molecule has 0 unspecified atom stereocenters. The quantitative estimate of drug-likeness (QED) is 0.636. The highest BCUT2D eigenvalue weighted by molar-refractivity contribution is 6.01. The Labute approximate surface area is 143 Å². The lowest BCUT2D eigenvalue weighted by Gasteiger charge is -2.07. The average Bonchev–Trinajstić information content (AvgIpc) is 3.09. The number of aromatic amines is 1. The molecule has 0 aliphatic rings. The second-order valence-electron chi connectivity index (χ2n) is 5.27. The lowest BCUT2D eigenvalue weighted by atomic mass is 10.2. The van der Waals surface area contributed by atoms with Crippen molar-refractivity contribution < 1.29 is 19.1 Å². The maximum atomic E-state index is 12.2. The van der Waals surface area contributed by atoms with E-state index < -0.39 is 11.8 Å². The third-order valence-electron chi connectivity index (χ3n) is 3.71. The third kappa shape index (κ3) is 3.55. The van der Waals surface area contributed by atoms with E-state index in [-0.39, 0.29) is 0 Å². The van der Waals surface area contributed by atoms with Gasteiger partial charge in [0.2, 0.25) is 0 Å². The molecule has 3 aromatic rings. The number of methoxy groups -OCH3 is 2. The Kier molecular flexibility index (Phi) is 4.56. The maximum Gasteiger partial charge on any atom is 0.286 e. The van der Waals surface area contributed by atoms with Crippen molar-refractivity contribution >= 4 is 22.7 Å². The number of hydrogen-bond acceptors (Lipinski definition) is 4. The molecule has 25 heavy (non-hydrogen) atoms. The van der Waals surface area contributed by atoms with Gasteiger partial charge in [-0.1, -0.05) is 0 Å². The molecule has 0 bridgehead atoms. The van der Waals surface area contributed by atoms with E-state index in [0.717, 1.165) is 10.9 Å². The van der Waals surface area contributed by atoms with Crippen molar-refractivity contribution in [3.8, 4) is 11.5 Å². The molecule has 1 aromatic heterocycles. The molecule has 7 nitrogen and oxygen atoms in total. The van der Waals surface area contributed by atoms with Crippen LogP contribution in [0.4, 0.5) is 0 Å². The summed E-state index contributed by atoms with van der Waals surface area (Å²) < 4.78 is 10.2. The summed E-state index contributed by atoms with van der Waals surface area (Å²) in [6.07, 6.45) is 0. The Morgan fingerprint density at radius 2 is 1.48 bits per heavy atom. The first-order valence-electron chi connectivity index (χ1n) is 7.52. The SMILES string of the molecule is COc1ccc(C(=O)NNC(=O)c2cc3cc(OC)ccc3[nH]2)cc1. The zero-order valence-corrected chi connectivity index (χ0v) is 13.8. The molecule has 0 atom stereocenters. The first kappa shape index (κ1) is 16.4. The molecule has 0 aliphatic heterocycles. The Balaban J connectivity index is 1.66. The summed E-state index contributed by atoms with van der Waals surface area (Å²) in [7, 11) is 3.13. The lowest BCUT2D eigenvalue weighted by Crippen LogP contribution is -2.41. The topological polar surface area (TPSA) is 92.5 Å². The fourth-order valence-electron chi connectivity index (χ4n) is 2.36. The van der Waals surface area contributed by atoms with Gasteiger partial charge in [-0.05, 0) is 48.5 Å². The van der Waals surface area contributed by atoms with Crippen LogP contribution in [0, 0.1) is 0 Å². The summed E-state index contributed by atoms with van der Waals surface area (Å²) in [4.78, 5) is 27.2. The van der Waals surface area contributed by atoms with Gasteiger partial charge in [-0.2, -0.15) is 0 Å². The fraction of sp³-hybridized carbons (Fsp3) is 0.111. The zero-order chi connectivity index (χ0) is 17.8. The highest BCUT2D eigenvalue weighted by atomic mass is 16.5. The fourth-order valence-corrected chi connectivity index (χ4v) is 2.36. The van der Waals surface area contributed by atoms with E-state index in [1.165, 1.54) is 0 Å². The number of rotatable bonds is 4. The van der Waals surface area contributed by atoms with Crippen LogP contribution in [0.15, 0.2) is 48.5 Å². The van der Waals surface area contributed by atoms with E-state index in [2.05, 4.69) is 15.8 Å². The van der Waals surface area contributed by atoms with Crippen molar-refractivity contribution in [2.75, 3.05) is 14.2 Å². The summed E-state index contributed by atoms with van der Waals surface area (Å²) in [6.45, 7) is 0. The monoisotopic (exact) mass is 339 g/mol. The number of ether oxygens (including phenoxy) is 2. The van der Waals surface area contributed by atoms with Crippen LogP contribution >= 0.6 is 0 Å². The van der Waals surface area contributed by atoms with E-state index in [1.807, 2.05) is 12.1 Å². The molecular weight excluding hydrogens is 322 g/mol. The minimum atomic E-state index is -0.447. The standard InChI is InChI=1S/C18H17N3O4/c1-24-13-5-3-11(4-6-13)17(22)20-21-18(23)16-10-12-9-14(25-2)7-8-15(12)19-16/h3-10,19H,1-2H3,(H,20,22)(H,21,23). The van der Waals surface area contributed by atoms with Crippen molar-refractivity contribution in [2.45, 2.75) is 0 Å². The molecule has 128 valence electrons. The number of hydrazine groups is 1. The second kappa shape index (κ2) is 6.96. The number of carbonyl (C=O) groups excluding carboxylic acids is 2. The molecule has 0 saturated carbocycles. The zero-order valence-electron chi connectivity index (χ0n) is 13.8. The first-order chi connectivity index (χ1) is 12.1. The Morgan fingerprint density at radius 1 is 0.840 bits per heavy atom. The summed E-state index contributed by atoms with van der Waals surface area (Å²) in [5.74, 6) is 0.478. The van der Waals surface area contributed by atoms with Crippen molar-refractivity contribution in [2.24, 2.45) is 0 Å². The van der Waals surface area contributed by atoms with Crippen LogP contribution in [0.25, 0.3) is 10.9 Å². The van der Waals surface area contributed by atoms with Gasteiger partial charge in [0, 0.05) is 16.5 Å². The van der Waals surface area contributed by atoms with E-state index in [9.17, 15) is 9.59 Å². The summed E-state index contributed by atoms with van der Waals surface area (Å²) in [5, 5.41) is 0.839. The van der Waals surface area contributed by atoms with Gasteiger partial charge in [-0.3, -0.25) is 20.4 Å². The summed E-state index contributed by atoms with van der Waals surface area (Å²) >= 11 is 0. The van der Waals surface area contributed by atoms with E-state index in [0.29, 0.717) is 22.8 Å². The van der Waals surface area contributed by atoms with Crippen LogP contribution in [0.1, 0.15) is 20.8 Å². The molecule has 0 spiro atoms. The van der Waals surface area contributed by atoms with Crippen LogP contribution in [-0.4, -0.2) is 31.0 Å². The van der Waals surface area contributed by atoms with Gasteiger partial charge < -0.3 is 14.5 Å². The molecular formula is C18H17N3O4. The van der Waals surface area contributed by atoms with Crippen molar-refractivity contribution in [3.63, 3.8) is 0 Å². The van der Waals surface area contributed by atoms with Crippen LogP contribution in [0.5, 0.6) is 11.5 Å². The number of amides is 2. The van der Waals surface area contributed by atoms with E-state index in [1.54, 1.807) is 50.6 Å². The maximum absolute atomic E-state index is 12.2. The number of fused-ring (bicyclic) bond motifs is 1. The van der Waals surface area contributed by atoms with E-state index >= 15 is 0 Å². The molecule has 0 saturated heterocycles. The highest BCUT2D eigenvalue weighted by Crippen LogP contribution is 2.21. The number of aromatic nitrogens is 1. The van der Waals surface area contributed by atoms with E-state index in [4.69, 9.17) is 9.47 Å². The van der Waals surface area contributed by atoms with Gasteiger partial charge in [-0.25, -0.2) is 0 Å².